The summed E-state index contributed by atoms with van der Waals surface area (Å²) in [7, 11) is 1.68. The first-order valence-electron chi connectivity index (χ1n) is 8.29. The zero-order valence-corrected chi connectivity index (χ0v) is 14.2. The van der Waals surface area contributed by atoms with Crippen LogP contribution in [0.4, 0.5) is 0 Å². The van der Waals surface area contributed by atoms with E-state index in [1.165, 1.54) is 5.56 Å². The Morgan fingerprint density at radius 1 is 0.800 bits per heavy atom. The van der Waals surface area contributed by atoms with Crippen LogP contribution >= 0.6 is 0 Å². The van der Waals surface area contributed by atoms with Gasteiger partial charge in [-0.2, -0.15) is 0 Å². The summed E-state index contributed by atoms with van der Waals surface area (Å²) in [6.07, 6.45) is 4.27. The van der Waals surface area contributed by atoms with Gasteiger partial charge >= 0.3 is 0 Å². The molecule has 0 aliphatic rings. The van der Waals surface area contributed by atoms with Crippen molar-refractivity contribution in [2.45, 2.75) is 5.92 Å². The van der Waals surface area contributed by atoms with Gasteiger partial charge in [0.1, 0.15) is 5.75 Å². The molecule has 1 atom stereocenters. The van der Waals surface area contributed by atoms with E-state index in [2.05, 4.69) is 48.3 Å². The van der Waals surface area contributed by atoms with Gasteiger partial charge in [-0.15, -0.1) is 0 Å². The van der Waals surface area contributed by atoms with Crippen molar-refractivity contribution in [3.05, 3.63) is 108 Å². The molecule has 122 valence electrons. The third-order valence-electron chi connectivity index (χ3n) is 3.90. The molecule has 0 spiro atoms. The number of ether oxygens (including phenoxy) is 1. The second-order valence-electron chi connectivity index (χ2n) is 5.66. The molecule has 0 saturated heterocycles. The van der Waals surface area contributed by atoms with E-state index in [1.807, 2.05) is 60.7 Å². The van der Waals surface area contributed by atoms with Crippen LogP contribution in [-0.4, -0.2) is 7.11 Å². The number of allylic oxidation sites excluding steroid dienone is 1. The summed E-state index contributed by atoms with van der Waals surface area (Å²) in [6.45, 7) is 0. The Morgan fingerprint density at radius 3 is 2.08 bits per heavy atom. The molecule has 0 N–H and O–H groups in total. The van der Waals surface area contributed by atoms with Crippen LogP contribution in [0.1, 0.15) is 22.6 Å². The summed E-state index contributed by atoms with van der Waals surface area (Å²) in [5.74, 6) is 7.53. The fraction of sp³-hybridized carbons (Fsp3) is 0.0833. The lowest BCUT2D eigenvalue weighted by Gasteiger charge is -2.08. The predicted molar refractivity (Wildman–Crippen MR) is 105 cm³/mol. The van der Waals surface area contributed by atoms with Gasteiger partial charge in [-0.25, -0.2) is 0 Å². The number of methoxy groups -OCH3 is 1. The lowest BCUT2D eigenvalue weighted by molar-refractivity contribution is 0.414. The van der Waals surface area contributed by atoms with Crippen LogP contribution in [0.5, 0.6) is 5.75 Å². The van der Waals surface area contributed by atoms with Gasteiger partial charge in [0, 0.05) is 5.56 Å². The first kappa shape index (κ1) is 16.6. The Labute approximate surface area is 149 Å². The van der Waals surface area contributed by atoms with Crippen molar-refractivity contribution < 1.29 is 4.74 Å². The molecular weight excluding hydrogens is 304 g/mol. The van der Waals surface area contributed by atoms with Gasteiger partial charge in [0.2, 0.25) is 0 Å². The Bertz CT molecular complexity index is 866. The normalized spacial score (nSPS) is 11.6. The van der Waals surface area contributed by atoms with E-state index in [1.54, 1.807) is 7.11 Å². The molecule has 1 unspecified atom stereocenters. The lowest BCUT2D eigenvalue weighted by atomic mass is 9.97. The maximum Gasteiger partial charge on any atom is 0.118 e. The molecule has 0 aromatic heterocycles. The Morgan fingerprint density at radius 2 is 1.44 bits per heavy atom. The molecule has 0 saturated carbocycles. The van der Waals surface area contributed by atoms with Crippen LogP contribution in [0.15, 0.2) is 91.0 Å². The van der Waals surface area contributed by atoms with Gasteiger partial charge < -0.3 is 4.74 Å². The minimum Gasteiger partial charge on any atom is -0.497 e. The van der Waals surface area contributed by atoms with Crippen molar-refractivity contribution >= 4 is 6.08 Å². The predicted octanol–water partition coefficient (Wildman–Crippen LogP) is 5.54. The molecule has 0 radical (unpaired) electrons. The fourth-order valence-electron chi connectivity index (χ4n) is 2.51. The lowest BCUT2D eigenvalue weighted by Crippen LogP contribution is -1.93. The first-order valence-corrected chi connectivity index (χ1v) is 8.29. The van der Waals surface area contributed by atoms with Crippen LogP contribution < -0.4 is 4.74 Å². The van der Waals surface area contributed by atoms with E-state index >= 15 is 0 Å². The summed E-state index contributed by atoms with van der Waals surface area (Å²) >= 11 is 0. The number of benzene rings is 3. The van der Waals surface area contributed by atoms with E-state index in [0.717, 1.165) is 16.9 Å². The second kappa shape index (κ2) is 8.57. The maximum atomic E-state index is 5.25. The van der Waals surface area contributed by atoms with E-state index in [0.29, 0.717) is 0 Å². The van der Waals surface area contributed by atoms with Crippen molar-refractivity contribution in [1.29, 1.82) is 0 Å². The molecule has 3 aromatic carbocycles. The molecule has 25 heavy (non-hydrogen) atoms. The maximum absolute atomic E-state index is 5.25. The minimum absolute atomic E-state index is 0.0197. The monoisotopic (exact) mass is 324 g/mol. The van der Waals surface area contributed by atoms with Gasteiger partial charge in [0.05, 0.1) is 13.0 Å². The minimum atomic E-state index is 0.0197. The van der Waals surface area contributed by atoms with Crippen LogP contribution in [0.3, 0.4) is 0 Å². The highest BCUT2D eigenvalue weighted by Gasteiger charge is 2.05. The van der Waals surface area contributed by atoms with Crippen LogP contribution in [0, 0.1) is 11.8 Å². The SMILES string of the molecule is COc1ccc(C(C#Cc2ccccc2)/C=C/c2ccccc2)cc1. The molecule has 0 aliphatic heterocycles. The molecule has 0 heterocycles. The van der Waals surface area contributed by atoms with Crippen molar-refractivity contribution in [1.82, 2.24) is 0 Å². The van der Waals surface area contributed by atoms with E-state index in [4.69, 9.17) is 4.74 Å². The third-order valence-corrected chi connectivity index (χ3v) is 3.90. The van der Waals surface area contributed by atoms with Crippen molar-refractivity contribution in [2.75, 3.05) is 7.11 Å². The van der Waals surface area contributed by atoms with Gasteiger partial charge in [0.25, 0.3) is 0 Å². The molecule has 3 rings (SSSR count). The molecule has 1 nitrogen and oxygen atoms in total. The second-order valence-corrected chi connectivity index (χ2v) is 5.66. The number of hydrogen-bond donors (Lipinski definition) is 0. The summed E-state index contributed by atoms with van der Waals surface area (Å²) < 4.78 is 5.25. The van der Waals surface area contributed by atoms with Crippen molar-refractivity contribution in [3.63, 3.8) is 0 Å². The molecule has 0 aliphatic carbocycles. The highest BCUT2D eigenvalue weighted by atomic mass is 16.5. The Hall–Kier alpha value is -3.24. The summed E-state index contributed by atoms with van der Waals surface area (Å²) in [5, 5.41) is 0. The highest BCUT2D eigenvalue weighted by molar-refractivity contribution is 5.53. The molecule has 0 amide bonds. The molecule has 0 bridgehead atoms. The van der Waals surface area contributed by atoms with Gasteiger partial charge in [-0.3, -0.25) is 0 Å². The van der Waals surface area contributed by atoms with Gasteiger partial charge in [-0.05, 0) is 35.4 Å². The zero-order valence-electron chi connectivity index (χ0n) is 14.2. The van der Waals surface area contributed by atoms with Crippen LogP contribution in [0.25, 0.3) is 6.08 Å². The molecule has 3 aromatic rings. The molecule has 1 heteroatoms. The topological polar surface area (TPSA) is 9.23 Å². The molecule has 0 fully saturated rings. The first-order chi connectivity index (χ1) is 12.3. The smallest absolute Gasteiger partial charge is 0.118 e. The standard InChI is InChI=1S/C24H20O/c1-25-24-18-16-23(17-19-24)22(14-12-20-8-4-2-5-9-20)15-13-21-10-6-3-7-11-21/h2-12,14,16-19,22H,1H3/b14-12+. The average molecular weight is 324 g/mol. The largest absolute Gasteiger partial charge is 0.497 e. The number of hydrogen-bond acceptors (Lipinski definition) is 1. The van der Waals surface area contributed by atoms with Crippen LogP contribution in [-0.2, 0) is 0 Å². The summed E-state index contributed by atoms with van der Waals surface area (Å²) in [5.41, 5.74) is 3.34. The number of rotatable bonds is 4. The zero-order chi connectivity index (χ0) is 17.3. The van der Waals surface area contributed by atoms with Gasteiger partial charge in [0.15, 0.2) is 0 Å². The third kappa shape index (κ3) is 4.86. The Kier molecular flexibility index (Phi) is 5.69. The van der Waals surface area contributed by atoms with E-state index in [-0.39, 0.29) is 5.92 Å². The van der Waals surface area contributed by atoms with Crippen molar-refractivity contribution in [3.8, 4) is 17.6 Å². The van der Waals surface area contributed by atoms with E-state index < -0.39 is 0 Å². The average Bonchev–Trinajstić information content (AvgIpc) is 2.70. The molecular formula is C24H20O. The van der Waals surface area contributed by atoms with Crippen molar-refractivity contribution in [2.24, 2.45) is 0 Å². The van der Waals surface area contributed by atoms with Gasteiger partial charge in [-0.1, -0.05) is 84.7 Å². The fourth-order valence-corrected chi connectivity index (χ4v) is 2.51. The summed E-state index contributed by atoms with van der Waals surface area (Å²) in [4.78, 5) is 0. The van der Waals surface area contributed by atoms with Crippen LogP contribution in [0.2, 0.25) is 0 Å². The highest BCUT2D eigenvalue weighted by Crippen LogP contribution is 2.21. The summed E-state index contributed by atoms with van der Waals surface area (Å²) in [6, 6.07) is 28.4. The van der Waals surface area contributed by atoms with E-state index in [9.17, 15) is 0 Å². The Balaban J connectivity index is 1.90. The quantitative estimate of drug-likeness (QED) is 0.572.